The van der Waals surface area contributed by atoms with E-state index >= 15 is 0 Å². The number of likely N-dealkylation sites (tertiary alicyclic amines) is 1. The van der Waals surface area contributed by atoms with E-state index in [1.54, 1.807) is 21.3 Å². The van der Waals surface area contributed by atoms with Crippen LogP contribution in [0.25, 0.3) is 0 Å². The topological polar surface area (TPSA) is 52.9 Å². The van der Waals surface area contributed by atoms with Crippen LogP contribution in [0.5, 0.6) is 11.5 Å². The molecule has 0 radical (unpaired) electrons. The number of rotatable bonds is 9. The van der Waals surface area contributed by atoms with Crippen LogP contribution in [0.3, 0.4) is 0 Å². The Hall–Kier alpha value is -2.31. The SMILES string of the molecule is COCCn1c(C)cc(C(=O)CN2CCCC2c2cc(OC)ccc2OC)c1C. The molecule has 0 N–H and O–H groups in total. The number of methoxy groups -OCH3 is 3. The molecule has 6 heteroatoms. The molecule has 1 aromatic carbocycles. The van der Waals surface area contributed by atoms with Gasteiger partial charge in [-0.1, -0.05) is 0 Å². The zero-order chi connectivity index (χ0) is 21.0. The summed E-state index contributed by atoms with van der Waals surface area (Å²) in [5.41, 5.74) is 4.00. The molecule has 1 atom stereocenters. The fourth-order valence-corrected chi connectivity index (χ4v) is 4.35. The van der Waals surface area contributed by atoms with Gasteiger partial charge in [-0.3, -0.25) is 9.69 Å². The molecule has 1 saturated heterocycles. The Morgan fingerprint density at radius 1 is 1.14 bits per heavy atom. The van der Waals surface area contributed by atoms with Gasteiger partial charge in [0.15, 0.2) is 5.78 Å². The van der Waals surface area contributed by atoms with Gasteiger partial charge in [0, 0.05) is 42.2 Å². The molecule has 1 aliphatic rings. The lowest BCUT2D eigenvalue weighted by Gasteiger charge is -2.26. The number of aryl methyl sites for hydroxylation is 1. The van der Waals surface area contributed by atoms with Crippen LogP contribution in [-0.4, -0.2) is 56.3 Å². The average molecular weight is 401 g/mol. The number of hydrogen-bond donors (Lipinski definition) is 0. The molecule has 0 saturated carbocycles. The van der Waals surface area contributed by atoms with Gasteiger partial charge in [0.2, 0.25) is 0 Å². The number of benzene rings is 1. The van der Waals surface area contributed by atoms with E-state index in [1.165, 1.54) is 0 Å². The molecule has 2 heterocycles. The Labute approximate surface area is 173 Å². The van der Waals surface area contributed by atoms with Crippen LogP contribution in [0.2, 0.25) is 0 Å². The summed E-state index contributed by atoms with van der Waals surface area (Å²) in [6.07, 6.45) is 2.06. The summed E-state index contributed by atoms with van der Waals surface area (Å²) in [7, 11) is 5.05. The minimum absolute atomic E-state index is 0.154. The fraction of sp³-hybridized carbons (Fsp3) is 0.522. The summed E-state index contributed by atoms with van der Waals surface area (Å²) in [4.78, 5) is 15.4. The molecule has 3 rings (SSSR count). The van der Waals surface area contributed by atoms with E-state index in [0.29, 0.717) is 13.2 Å². The number of aromatic nitrogens is 1. The summed E-state index contributed by atoms with van der Waals surface area (Å²) < 4.78 is 18.4. The van der Waals surface area contributed by atoms with Gasteiger partial charge in [0.25, 0.3) is 0 Å². The highest BCUT2D eigenvalue weighted by Gasteiger charge is 2.31. The van der Waals surface area contributed by atoms with Crippen molar-refractivity contribution in [2.45, 2.75) is 39.3 Å². The Morgan fingerprint density at radius 2 is 1.93 bits per heavy atom. The zero-order valence-corrected chi connectivity index (χ0v) is 18.2. The third-order valence-electron chi connectivity index (χ3n) is 5.90. The maximum atomic E-state index is 13.2. The quantitative estimate of drug-likeness (QED) is 0.600. The van der Waals surface area contributed by atoms with Gasteiger partial charge in [0.05, 0.1) is 27.4 Å². The highest BCUT2D eigenvalue weighted by molar-refractivity contribution is 5.99. The predicted octanol–water partition coefficient (Wildman–Crippen LogP) is 3.79. The first-order valence-corrected chi connectivity index (χ1v) is 10.1. The normalized spacial score (nSPS) is 16.9. The molecule has 1 aliphatic heterocycles. The zero-order valence-electron chi connectivity index (χ0n) is 18.2. The highest BCUT2D eigenvalue weighted by atomic mass is 16.5. The van der Waals surface area contributed by atoms with Crippen LogP contribution >= 0.6 is 0 Å². The molecule has 0 amide bonds. The van der Waals surface area contributed by atoms with E-state index in [2.05, 4.69) is 9.47 Å². The van der Waals surface area contributed by atoms with E-state index in [-0.39, 0.29) is 11.8 Å². The Morgan fingerprint density at radius 3 is 2.62 bits per heavy atom. The molecule has 1 fully saturated rings. The number of ether oxygens (including phenoxy) is 3. The lowest BCUT2D eigenvalue weighted by atomic mass is 10.0. The number of carbonyl (C=O) groups excluding carboxylic acids is 1. The first-order valence-electron chi connectivity index (χ1n) is 10.1. The first kappa shape index (κ1) is 21.4. The molecular formula is C23H32N2O4. The van der Waals surface area contributed by atoms with E-state index < -0.39 is 0 Å². The summed E-state index contributed by atoms with van der Waals surface area (Å²) in [6, 6.07) is 8.03. The summed E-state index contributed by atoms with van der Waals surface area (Å²) in [6.45, 7) is 6.75. The van der Waals surface area contributed by atoms with Crippen molar-refractivity contribution in [2.75, 3.05) is 41.0 Å². The van der Waals surface area contributed by atoms with Gasteiger partial charge in [-0.15, -0.1) is 0 Å². The van der Waals surface area contributed by atoms with Crippen LogP contribution in [0.1, 0.15) is 46.2 Å². The standard InChI is InChI=1S/C23H32N2O4/c1-16-13-19(17(2)25(16)11-12-27-3)22(26)15-24-10-6-7-21(24)20-14-18(28-4)8-9-23(20)29-5/h8-9,13-14,21H,6-7,10-12,15H2,1-5H3. The largest absolute Gasteiger partial charge is 0.497 e. The second kappa shape index (κ2) is 9.46. The van der Waals surface area contributed by atoms with Gasteiger partial charge in [-0.2, -0.15) is 0 Å². The van der Waals surface area contributed by atoms with Gasteiger partial charge in [0.1, 0.15) is 11.5 Å². The van der Waals surface area contributed by atoms with Gasteiger partial charge in [-0.25, -0.2) is 0 Å². The maximum Gasteiger partial charge on any atom is 0.178 e. The van der Waals surface area contributed by atoms with Crippen molar-refractivity contribution in [1.82, 2.24) is 9.47 Å². The Bertz CT molecular complexity index is 859. The van der Waals surface area contributed by atoms with Gasteiger partial charge >= 0.3 is 0 Å². The second-order valence-corrected chi connectivity index (χ2v) is 7.59. The molecule has 0 spiro atoms. The van der Waals surface area contributed by atoms with Crippen molar-refractivity contribution in [3.05, 3.63) is 46.8 Å². The van der Waals surface area contributed by atoms with Crippen LogP contribution in [-0.2, 0) is 11.3 Å². The van der Waals surface area contributed by atoms with E-state index in [1.807, 2.05) is 38.1 Å². The first-order chi connectivity index (χ1) is 14.0. The van der Waals surface area contributed by atoms with Crippen molar-refractivity contribution in [3.8, 4) is 11.5 Å². The smallest absolute Gasteiger partial charge is 0.178 e. The fourth-order valence-electron chi connectivity index (χ4n) is 4.35. The number of ketones is 1. The van der Waals surface area contributed by atoms with Gasteiger partial charge < -0.3 is 18.8 Å². The number of carbonyl (C=O) groups is 1. The average Bonchev–Trinajstić information content (AvgIpc) is 3.30. The lowest BCUT2D eigenvalue weighted by molar-refractivity contribution is 0.0919. The summed E-state index contributed by atoms with van der Waals surface area (Å²) in [5, 5.41) is 0. The summed E-state index contributed by atoms with van der Waals surface area (Å²) in [5.74, 6) is 1.81. The minimum atomic E-state index is 0.154. The Kier molecular flexibility index (Phi) is 6.98. The third-order valence-corrected chi connectivity index (χ3v) is 5.90. The molecule has 158 valence electrons. The minimum Gasteiger partial charge on any atom is -0.497 e. The second-order valence-electron chi connectivity index (χ2n) is 7.59. The van der Waals surface area contributed by atoms with Crippen LogP contribution in [0.4, 0.5) is 0 Å². The molecule has 1 aromatic heterocycles. The van der Waals surface area contributed by atoms with Gasteiger partial charge in [-0.05, 0) is 57.5 Å². The lowest BCUT2D eigenvalue weighted by Crippen LogP contribution is -2.30. The number of nitrogens with zero attached hydrogens (tertiary/aromatic N) is 2. The third kappa shape index (κ3) is 4.49. The number of Topliss-reactive ketones (excluding diaryl/α,β-unsaturated/α-hetero) is 1. The molecule has 29 heavy (non-hydrogen) atoms. The van der Waals surface area contributed by atoms with Crippen molar-refractivity contribution in [3.63, 3.8) is 0 Å². The molecule has 0 aliphatic carbocycles. The van der Waals surface area contributed by atoms with Crippen molar-refractivity contribution < 1.29 is 19.0 Å². The highest BCUT2D eigenvalue weighted by Crippen LogP contribution is 2.39. The van der Waals surface area contributed by atoms with E-state index in [0.717, 1.165) is 59.9 Å². The van der Waals surface area contributed by atoms with Crippen molar-refractivity contribution >= 4 is 5.78 Å². The van der Waals surface area contributed by atoms with Crippen LogP contribution < -0.4 is 9.47 Å². The summed E-state index contributed by atoms with van der Waals surface area (Å²) >= 11 is 0. The molecule has 0 bridgehead atoms. The van der Waals surface area contributed by atoms with E-state index in [9.17, 15) is 4.79 Å². The van der Waals surface area contributed by atoms with Crippen LogP contribution in [0.15, 0.2) is 24.3 Å². The molecular weight excluding hydrogens is 368 g/mol. The molecule has 2 aromatic rings. The molecule has 1 unspecified atom stereocenters. The van der Waals surface area contributed by atoms with Crippen LogP contribution in [0, 0.1) is 13.8 Å². The maximum absolute atomic E-state index is 13.2. The monoisotopic (exact) mass is 400 g/mol. The van der Waals surface area contributed by atoms with Crippen molar-refractivity contribution in [2.24, 2.45) is 0 Å². The number of hydrogen-bond acceptors (Lipinski definition) is 5. The predicted molar refractivity (Wildman–Crippen MR) is 113 cm³/mol. The molecule has 6 nitrogen and oxygen atoms in total. The van der Waals surface area contributed by atoms with Crippen molar-refractivity contribution in [1.29, 1.82) is 0 Å². The van der Waals surface area contributed by atoms with E-state index in [4.69, 9.17) is 14.2 Å². The Balaban J connectivity index is 1.81.